The van der Waals surface area contributed by atoms with E-state index in [1.54, 1.807) is 49.6 Å². The zero-order valence-electron chi connectivity index (χ0n) is 17.5. The standard InChI is InChI=1S/C24H22BrN3O4/c1-32-19-5-2-4-17(14-19)21-20(22(29)16-6-8-18(25)9-7-16)23(30)24(31)28(21)12-3-11-27-13-10-26-15-27/h2,4-10,13-15,21H,3,11-12H2,1H3,(H,29,30). The third-order valence-electron chi connectivity index (χ3n) is 5.46. The fourth-order valence-electron chi connectivity index (χ4n) is 3.90. The van der Waals surface area contributed by atoms with Crippen molar-refractivity contribution in [2.75, 3.05) is 13.7 Å². The largest absolute Gasteiger partial charge is 0.872 e. The van der Waals surface area contributed by atoms with Gasteiger partial charge in [-0.05, 0) is 35.4 Å². The summed E-state index contributed by atoms with van der Waals surface area (Å²) in [7, 11) is 1.55. The van der Waals surface area contributed by atoms with Crippen LogP contribution in [0.1, 0.15) is 23.6 Å². The Kier molecular flexibility index (Phi) is 6.41. The van der Waals surface area contributed by atoms with Crippen molar-refractivity contribution in [1.29, 1.82) is 0 Å². The number of hydrogen-bond donors (Lipinski definition) is 1. The van der Waals surface area contributed by atoms with Crippen molar-refractivity contribution in [3.8, 4) is 5.75 Å². The number of carbonyl (C=O) groups excluding carboxylic acids is 2. The molecule has 1 saturated heterocycles. The molecule has 3 aromatic rings. The molecule has 8 heteroatoms. The predicted octanol–water partition coefficient (Wildman–Crippen LogP) is 2.39. The number of methoxy groups -OCH3 is 1. The van der Waals surface area contributed by atoms with Gasteiger partial charge in [-0.25, -0.2) is 4.57 Å². The van der Waals surface area contributed by atoms with Crippen molar-refractivity contribution in [3.63, 3.8) is 0 Å². The van der Waals surface area contributed by atoms with Gasteiger partial charge in [0.1, 0.15) is 18.1 Å². The minimum Gasteiger partial charge on any atom is -0.872 e. The van der Waals surface area contributed by atoms with E-state index in [9.17, 15) is 14.7 Å². The molecule has 0 radical (unpaired) electrons. The van der Waals surface area contributed by atoms with Gasteiger partial charge in [-0.3, -0.25) is 14.6 Å². The fraction of sp³-hybridized carbons (Fsp3) is 0.208. The highest BCUT2D eigenvalue weighted by molar-refractivity contribution is 9.10. The Morgan fingerprint density at radius 2 is 2.00 bits per heavy atom. The van der Waals surface area contributed by atoms with E-state index in [0.29, 0.717) is 36.4 Å². The number of hydrogen-bond acceptors (Lipinski definition) is 4. The lowest BCUT2D eigenvalue weighted by molar-refractivity contribution is -0.695. The lowest BCUT2D eigenvalue weighted by Crippen LogP contribution is -2.36. The highest BCUT2D eigenvalue weighted by Gasteiger charge is 2.44. The van der Waals surface area contributed by atoms with Crippen LogP contribution in [-0.4, -0.2) is 35.2 Å². The molecule has 7 nitrogen and oxygen atoms in total. The lowest BCUT2D eigenvalue weighted by atomic mass is 9.95. The maximum absolute atomic E-state index is 13.4. The highest BCUT2D eigenvalue weighted by Crippen LogP contribution is 2.39. The Labute approximate surface area is 194 Å². The van der Waals surface area contributed by atoms with Gasteiger partial charge in [0.05, 0.1) is 19.7 Å². The molecular formula is C24H22BrN3O4. The summed E-state index contributed by atoms with van der Waals surface area (Å²) in [6.07, 6.45) is 6.16. The van der Waals surface area contributed by atoms with Gasteiger partial charge in [0.25, 0.3) is 5.91 Å². The average molecular weight is 496 g/mol. The van der Waals surface area contributed by atoms with Crippen LogP contribution in [0.4, 0.5) is 0 Å². The van der Waals surface area contributed by atoms with Gasteiger partial charge in [0, 0.05) is 23.0 Å². The van der Waals surface area contributed by atoms with E-state index in [-0.39, 0.29) is 5.57 Å². The zero-order valence-corrected chi connectivity index (χ0v) is 19.0. The van der Waals surface area contributed by atoms with Crippen LogP contribution in [0.5, 0.6) is 5.75 Å². The molecular weight excluding hydrogens is 474 g/mol. The molecule has 0 saturated carbocycles. The SMILES string of the molecule is COc1cccc(C2C(=C([O-])c3ccc(Br)cc3)C(=O)C(=O)N2CCC[n+]2cc[nH]c2)c1. The number of benzene rings is 2. The molecule has 0 bridgehead atoms. The number of H-pyrrole nitrogens is 1. The van der Waals surface area contributed by atoms with Gasteiger partial charge >= 0.3 is 0 Å². The number of aromatic nitrogens is 2. The third-order valence-corrected chi connectivity index (χ3v) is 5.99. The number of likely N-dealkylation sites (tertiary alicyclic amines) is 1. The molecule has 0 spiro atoms. The summed E-state index contributed by atoms with van der Waals surface area (Å²) >= 11 is 3.35. The summed E-state index contributed by atoms with van der Waals surface area (Å²) < 4.78 is 8.11. The number of Topliss-reactive ketones (excluding diaryl/α,β-unsaturated/α-hetero) is 1. The second kappa shape index (κ2) is 9.40. The van der Waals surface area contributed by atoms with Crippen molar-refractivity contribution in [2.45, 2.75) is 19.0 Å². The predicted molar refractivity (Wildman–Crippen MR) is 119 cm³/mol. The number of amides is 1. The topological polar surface area (TPSA) is 89.3 Å². The molecule has 1 unspecified atom stereocenters. The van der Waals surface area contributed by atoms with E-state index >= 15 is 0 Å². The first-order valence-electron chi connectivity index (χ1n) is 10.2. The van der Waals surface area contributed by atoms with Crippen LogP contribution in [0.15, 0.2) is 77.3 Å². The van der Waals surface area contributed by atoms with Gasteiger partial charge in [0.15, 0.2) is 0 Å². The van der Waals surface area contributed by atoms with Crippen molar-refractivity contribution >= 4 is 33.4 Å². The first-order valence-corrected chi connectivity index (χ1v) is 11.0. The second-order valence-corrected chi connectivity index (χ2v) is 8.38. The fourth-order valence-corrected chi connectivity index (χ4v) is 4.16. The molecule has 1 aliphatic rings. The Balaban J connectivity index is 1.74. The van der Waals surface area contributed by atoms with E-state index in [2.05, 4.69) is 20.9 Å². The second-order valence-electron chi connectivity index (χ2n) is 7.46. The van der Waals surface area contributed by atoms with E-state index in [1.165, 1.54) is 4.90 Å². The molecule has 1 aliphatic heterocycles. The Hall–Kier alpha value is -3.39. The number of nitrogens with zero attached hydrogens (tertiary/aromatic N) is 2. The Bertz CT molecular complexity index is 1160. The molecule has 1 amide bonds. The molecule has 1 atom stereocenters. The summed E-state index contributed by atoms with van der Waals surface area (Å²) in [4.78, 5) is 30.5. The molecule has 1 fully saturated rings. The van der Waals surface area contributed by atoms with Gasteiger partial charge in [-0.15, -0.1) is 0 Å². The minimum absolute atomic E-state index is 0.0279. The van der Waals surface area contributed by atoms with E-state index < -0.39 is 23.5 Å². The zero-order chi connectivity index (χ0) is 22.7. The normalized spacial score (nSPS) is 17.7. The molecule has 2 heterocycles. The summed E-state index contributed by atoms with van der Waals surface area (Å²) in [6.45, 7) is 1.00. The number of ketones is 1. The van der Waals surface area contributed by atoms with Crippen LogP contribution in [-0.2, 0) is 16.1 Å². The Morgan fingerprint density at radius 3 is 2.69 bits per heavy atom. The van der Waals surface area contributed by atoms with Crippen LogP contribution in [0.2, 0.25) is 0 Å². The van der Waals surface area contributed by atoms with Crippen LogP contribution in [0.25, 0.3) is 5.76 Å². The number of aromatic amines is 1. The van der Waals surface area contributed by atoms with Gasteiger partial charge in [-0.2, -0.15) is 0 Å². The van der Waals surface area contributed by atoms with Crippen molar-refractivity contribution in [2.24, 2.45) is 0 Å². The molecule has 0 aliphatic carbocycles. The van der Waals surface area contributed by atoms with E-state index in [1.807, 2.05) is 29.4 Å². The van der Waals surface area contributed by atoms with Crippen LogP contribution >= 0.6 is 15.9 Å². The highest BCUT2D eigenvalue weighted by atomic mass is 79.9. The molecule has 164 valence electrons. The Morgan fingerprint density at radius 1 is 1.22 bits per heavy atom. The molecule has 32 heavy (non-hydrogen) atoms. The number of halogens is 1. The van der Waals surface area contributed by atoms with Crippen molar-refractivity contribution in [1.82, 2.24) is 9.88 Å². The summed E-state index contributed by atoms with van der Waals surface area (Å²) in [5.41, 5.74) is 1.00. The molecule has 4 rings (SSSR count). The number of nitrogens with one attached hydrogen (secondary N) is 1. The monoisotopic (exact) mass is 495 g/mol. The average Bonchev–Trinajstić information content (AvgIpc) is 3.41. The van der Waals surface area contributed by atoms with Gasteiger partial charge in [0.2, 0.25) is 12.1 Å². The molecule has 2 aromatic carbocycles. The van der Waals surface area contributed by atoms with Gasteiger partial charge < -0.3 is 14.7 Å². The number of ether oxygens (including phenoxy) is 1. The van der Waals surface area contributed by atoms with E-state index in [4.69, 9.17) is 4.74 Å². The van der Waals surface area contributed by atoms with Gasteiger partial charge in [-0.1, -0.05) is 46.0 Å². The van der Waals surface area contributed by atoms with Crippen molar-refractivity contribution in [3.05, 3.63) is 88.4 Å². The maximum Gasteiger partial charge on any atom is 0.295 e. The first kappa shape index (κ1) is 21.8. The van der Waals surface area contributed by atoms with E-state index in [0.717, 1.165) is 4.47 Å². The number of rotatable bonds is 7. The summed E-state index contributed by atoms with van der Waals surface area (Å²) in [6, 6.07) is 13.1. The molecule has 1 N–H and O–H groups in total. The van der Waals surface area contributed by atoms with Crippen LogP contribution in [0.3, 0.4) is 0 Å². The van der Waals surface area contributed by atoms with Crippen LogP contribution < -0.4 is 14.4 Å². The summed E-state index contributed by atoms with van der Waals surface area (Å²) in [5.74, 6) is -1.25. The van der Waals surface area contributed by atoms with Crippen LogP contribution in [0, 0.1) is 0 Å². The quantitative estimate of drug-likeness (QED) is 0.236. The maximum atomic E-state index is 13.4. The molecule has 1 aromatic heterocycles. The minimum atomic E-state index is -0.766. The number of carbonyl (C=O) groups is 2. The van der Waals surface area contributed by atoms with Crippen molar-refractivity contribution < 1.29 is 24.0 Å². The lowest BCUT2D eigenvalue weighted by Gasteiger charge is -2.27. The third kappa shape index (κ3) is 4.31. The summed E-state index contributed by atoms with van der Waals surface area (Å²) in [5, 5.41) is 13.4. The smallest absolute Gasteiger partial charge is 0.295 e. The number of aryl methyl sites for hydroxylation is 1. The first-order chi connectivity index (χ1) is 15.5. The number of imidazole rings is 1.